The molecule has 1 heterocycles. The molecule has 0 saturated heterocycles. The maximum Gasteiger partial charge on any atom is 0.362 e. The fraction of sp³-hybridized carbons (Fsp3) is 0.286. The number of hydrogen-bond acceptors (Lipinski definition) is 5. The minimum Gasteiger partial charge on any atom is -0.352 e. The third kappa shape index (κ3) is 2.37. The van der Waals surface area contributed by atoms with Crippen molar-refractivity contribution in [1.82, 2.24) is 4.90 Å². The minimum absolute atomic E-state index is 0.0474. The molecule has 1 aliphatic rings. The fourth-order valence-corrected chi connectivity index (χ4v) is 2.30. The van der Waals surface area contributed by atoms with Crippen LogP contribution < -0.4 is 4.90 Å². The monoisotopic (exact) mass is 289 g/mol. The molecule has 0 fully saturated rings. The molecule has 0 unspecified atom stereocenters. The van der Waals surface area contributed by atoms with Crippen LogP contribution in [0.5, 0.6) is 0 Å². The van der Waals surface area contributed by atoms with Gasteiger partial charge in [0.1, 0.15) is 0 Å². The first-order valence-electron chi connectivity index (χ1n) is 6.60. The van der Waals surface area contributed by atoms with Crippen LogP contribution in [0.3, 0.4) is 0 Å². The van der Waals surface area contributed by atoms with E-state index in [4.69, 9.17) is 0 Å². The van der Waals surface area contributed by atoms with Gasteiger partial charge in [0, 0.05) is 13.1 Å². The molecule has 2 rings (SSSR count). The molecule has 110 valence electrons. The highest BCUT2D eigenvalue weighted by molar-refractivity contribution is 6.50. The second kappa shape index (κ2) is 5.74. The zero-order valence-electron chi connectivity index (χ0n) is 11.8. The average Bonchev–Trinajstić information content (AvgIpc) is 2.74. The molecular weight excluding hydrogens is 274 g/mol. The average molecular weight is 289 g/mol. The molecule has 0 atom stereocenters. The quantitative estimate of drug-likeness (QED) is 0.464. The van der Waals surface area contributed by atoms with E-state index in [1.807, 2.05) is 13.8 Å². The summed E-state index contributed by atoms with van der Waals surface area (Å²) < 4.78 is 0. The molecule has 0 aliphatic carbocycles. The number of carbonyl (C=O) groups excluding carboxylic acids is 2. The van der Waals surface area contributed by atoms with E-state index >= 15 is 0 Å². The van der Waals surface area contributed by atoms with E-state index in [1.165, 1.54) is 0 Å². The maximum absolute atomic E-state index is 12.2. The van der Waals surface area contributed by atoms with E-state index in [9.17, 15) is 19.7 Å². The number of nitrogens with zero attached hydrogens (tertiary/aromatic N) is 3. The Morgan fingerprint density at radius 3 is 2.19 bits per heavy atom. The summed E-state index contributed by atoms with van der Waals surface area (Å²) in [5.41, 5.74) is -0.220. The Kier molecular flexibility index (Phi) is 4.02. The molecule has 1 aliphatic heterocycles. The molecule has 7 heteroatoms. The lowest BCUT2D eigenvalue weighted by Gasteiger charge is -2.28. The van der Waals surface area contributed by atoms with Crippen molar-refractivity contribution in [1.29, 1.82) is 0 Å². The van der Waals surface area contributed by atoms with Gasteiger partial charge in [0.05, 0.1) is 10.6 Å². The SMILES string of the molecule is CCN(CC)C1=C([N+](=O)[O-])C(=O)C(=O)N1c1ccccc1. The summed E-state index contributed by atoms with van der Waals surface area (Å²) in [6.45, 7) is 4.52. The van der Waals surface area contributed by atoms with E-state index in [0.717, 1.165) is 4.90 Å². The van der Waals surface area contributed by atoms with Crippen molar-refractivity contribution in [2.24, 2.45) is 0 Å². The third-order valence-electron chi connectivity index (χ3n) is 3.30. The predicted molar refractivity (Wildman–Crippen MR) is 75.9 cm³/mol. The van der Waals surface area contributed by atoms with Crippen LogP contribution in [-0.2, 0) is 9.59 Å². The molecule has 0 bridgehead atoms. The summed E-state index contributed by atoms with van der Waals surface area (Å²) in [5.74, 6) is -1.92. The van der Waals surface area contributed by atoms with Crippen LogP contribution in [0.1, 0.15) is 13.8 Å². The summed E-state index contributed by atoms with van der Waals surface area (Å²) in [6, 6.07) is 8.45. The van der Waals surface area contributed by atoms with Gasteiger partial charge in [-0.25, -0.2) is 0 Å². The van der Waals surface area contributed by atoms with E-state index in [-0.39, 0.29) is 5.82 Å². The number of amides is 1. The number of anilines is 1. The third-order valence-corrected chi connectivity index (χ3v) is 3.30. The zero-order chi connectivity index (χ0) is 15.6. The van der Waals surface area contributed by atoms with Crippen LogP contribution in [0.15, 0.2) is 41.8 Å². The molecule has 0 aromatic heterocycles. The summed E-state index contributed by atoms with van der Waals surface area (Å²) in [5, 5.41) is 11.2. The topological polar surface area (TPSA) is 83.8 Å². The van der Waals surface area contributed by atoms with E-state index in [0.29, 0.717) is 18.8 Å². The molecule has 0 saturated carbocycles. The molecule has 1 aromatic carbocycles. The zero-order valence-corrected chi connectivity index (χ0v) is 11.8. The Labute approximate surface area is 121 Å². The van der Waals surface area contributed by atoms with Crippen molar-refractivity contribution in [3.63, 3.8) is 0 Å². The van der Waals surface area contributed by atoms with Crippen molar-refractivity contribution in [2.75, 3.05) is 18.0 Å². The van der Waals surface area contributed by atoms with Crippen LogP contribution >= 0.6 is 0 Å². The van der Waals surface area contributed by atoms with Gasteiger partial charge in [-0.05, 0) is 26.0 Å². The number of rotatable bonds is 5. The van der Waals surface area contributed by atoms with Gasteiger partial charge < -0.3 is 4.90 Å². The van der Waals surface area contributed by atoms with Gasteiger partial charge in [-0.2, -0.15) is 0 Å². The Bertz CT molecular complexity index is 620. The Morgan fingerprint density at radius 2 is 1.71 bits per heavy atom. The van der Waals surface area contributed by atoms with Crippen LogP contribution in [0.25, 0.3) is 0 Å². The van der Waals surface area contributed by atoms with Gasteiger partial charge in [0.2, 0.25) is 5.82 Å². The molecule has 1 aromatic rings. The molecule has 0 spiro atoms. The Balaban J connectivity index is 2.65. The van der Waals surface area contributed by atoms with Crippen LogP contribution in [0.4, 0.5) is 5.69 Å². The summed E-state index contributed by atoms with van der Waals surface area (Å²) >= 11 is 0. The number of benzene rings is 1. The molecule has 7 nitrogen and oxygen atoms in total. The van der Waals surface area contributed by atoms with Gasteiger partial charge >= 0.3 is 17.4 Å². The number of ketones is 1. The summed E-state index contributed by atoms with van der Waals surface area (Å²) in [7, 11) is 0. The van der Waals surface area contributed by atoms with Crippen LogP contribution in [0, 0.1) is 10.1 Å². The number of carbonyl (C=O) groups is 2. The standard InChI is InChI=1S/C14H15N3O4/c1-3-15(4-2)13-11(17(20)21)12(18)14(19)16(13)10-8-6-5-7-9-10/h5-9H,3-4H2,1-2H3. The van der Waals surface area contributed by atoms with Crippen molar-refractivity contribution < 1.29 is 14.5 Å². The Morgan fingerprint density at radius 1 is 1.14 bits per heavy atom. The highest BCUT2D eigenvalue weighted by atomic mass is 16.6. The molecule has 1 amide bonds. The maximum atomic E-state index is 12.2. The van der Waals surface area contributed by atoms with Crippen molar-refractivity contribution in [2.45, 2.75) is 13.8 Å². The van der Waals surface area contributed by atoms with Gasteiger partial charge in [-0.15, -0.1) is 0 Å². The molecular formula is C14H15N3O4. The summed E-state index contributed by atoms with van der Waals surface area (Å²) in [4.78, 5) is 37.3. The molecule has 0 N–H and O–H groups in total. The van der Waals surface area contributed by atoms with Crippen molar-refractivity contribution in [3.8, 4) is 0 Å². The van der Waals surface area contributed by atoms with Crippen LogP contribution in [0.2, 0.25) is 0 Å². The fourth-order valence-electron chi connectivity index (χ4n) is 2.30. The van der Waals surface area contributed by atoms with Gasteiger partial charge in [0.25, 0.3) is 0 Å². The van der Waals surface area contributed by atoms with Crippen molar-refractivity contribution in [3.05, 3.63) is 52.0 Å². The highest BCUT2D eigenvalue weighted by Crippen LogP contribution is 2.30. The molecule has 21 heavy (non-hydrogen) atoms. The first-order chi connectivity index (χ1) is 10.0. The normalized spacial score (nSPS) is 14.9. The lowest BCUT2D eigenvalue weighted by Crippen LogP contribution is -2.36. The summed E-state index contributed by atoms with van der Waals surface area (Å²) in [6.07, 6.45) is 0. The van der Waals surface area contributed by atoms with Crippen molar-refractivity contribution >= 4 is 17.4 Å². The first kappa shape index (κ1) is 14.7. The number of hydrogen-bond donors (Lipinski definition) is 0. The minimum atomic E-state index is -1.08. The van der Waals surface area contributed by atoms with E-state index < -0.39 is 22.3 Å². The number of para-hydroxylation sites is 1. The second-order valence-electron chi connectivity index (χ2n) is 4.41. The second-order valence-corrected chi connectivity index (χ2v) is 4.41. The highest BCUT2D eigenvalue weighted by Gasteiger charge is 2.49. The predicted octanol–water partition coefficient (Wildman–Crippen LogP) is 1.39. The largest absolute Gasteiger partial charge is 0.362 e. The van der Waals surface area contributed by atoms with Gasteiger partial charge in [0.15, 0.2) is 0 Å². The van der Waals surface area contributed by atoms with Gasteiger partial charge in [-0.3, -0.25) is 24.6 Å². The smallest absolute Gasteiger partial charge is 0.352 e. The number of Topliss-reactive ketones (excluding diaryl/α,β-unsaturated/α-hetero) is 1. The van der Waals surface area contributed by atoms with E-state index in [1.54, 1.807) is 35.2 Å². The lowest BCUT2D eigenvalue weighted by molar-refractivity contribution is -0.419. The van der Waals surface area contributed by atoms with E-state index in [2.05, 4.69) is 0 Å². The molecule has 0 radical (unpaired) electrons. The lowest BCUT2D eigenvalue weighted by atomic mass is 10.3. The Hall–Kier alpha value is -2.70. The van der Waals surface area contributed by atoms with Crippen LogP contribution in [-0.4, -0.2) is 34.6 Å². The first-order valence-corrected chi connectivity index (χ1v) is 6.60. The number of nitro groups is 1. The van der Waals surface area contributed by atoms with Gasteiger partial charge in [-0.1, -0.05) is 18.2 Å².